The lowest BCUT2D eigenvalue weighted by Gasteiger charge is -2.28. The van der Waals surface area contributed by atoms with Crippen LogP contribution in [0.15, 0.2) is 24.3 Å². The molecule has 0 bridgehead atoms. The molecule has 0 radical (unpaired) electrons. The van der Waals surface area contributed by atoms with Gasteiger partial charge >= 0.3 is 0 Å². The third kappa shape index (κ3) is 3.34. The van der Waals surface area contributed by atoms with Crippen molar-refractivity contribution in [3.05, 3.63) is 35.4 Å². The summed E-state index contributed by atoms with van der Waals surface area (Å²) in [6.07, 6.45) is 0. The van der Waals surface area contributed by atoms with Crippen molar-refractivity contribution in [2.75, 3.05) is 13.1 Å². The molecule has 2 heteroatoms. The lowest BCUT2D eigenvalue weighted by atomic mass is 9.87. The van der Waals surface area contributed by atoms with Crippen molar-refractivity contribution in [1.29, 1.82) is 0 Å². The van der Waals surface area contributed by atoms with Crippen LogP contribution in [-0.4, -0.2) is 23.9 Å². The van der Waals surface area contributed by atoms with Gasteiger partial charge in [-0.3, -0.25) is 4.79 Å². The van der Waals surface area contributed by atoms with E-state index in [0.29, 0.717) is 5.92 Å². The van der Waals surface area contributed by atoms with Crippen LogP contribution >= 0.6 is 0 Å². The number of nitrogens with zero attached hydrogens (tertiary/aromatic N) is 1. The van der Waals surface area contributed by atoms with E-state index in [0.717, 1.165) is 18.7 Å². The highest BCUT2D eigenvalue weighted by molar-refractivity contribution is 5.84. The molecule has 0 aliphatic rings. The van der Waals surface area contributed by atoms with Crippen molar-refractivity contribution in [3.8, 4) is 0 Å². The second-order valence-corrected chi connectivity index (χ2v) is 5.14. The summed E-state index contributed by atoms with van der Waals surface area (Å²) in [6, 6.07) is 8.34. The minimum atomic E-state index is -0.0227. The summed E-state index contributed by atoms with van der Waals surface area (Å²) >= 11 is 0. The third-order valence-corrected chi connectivity index (χ3v) is 3.44. The van der Waals surface area contributed by atoms with Gasteiger partial charge in [-0.15, -0.1) is 0 Å². The lowest BCUT2D eigenvalue weighted by molar-refractivity contribution is -0.133. The summed E-state index contributed by atoms with van der Waals surface area (Å²) in [7, 11) is 0. The fraction of sp³-hybridized carbons (Fsp3) is 0.562. The van der Waals surface area contributed by atoms with Gasteiger partial charge in [-0.25, -0.2) is 0 Å². The molecule has 18 heavy (non-hydrogen) atoms. The predicted octanol–water partition coefficient (Wildman–Crippen LogP) is 3.60. The van der Waals surface area contributed by atoms with Gasteiger partial charge in [-0.05, 0) is 32.3 Å². The largest absolute Gasteiger partial charge is 0.343 e. The molecule has 0 fully saturated rings. The summed E-state index contributed by atoms with van der Waals surface area (Å²) in [5.74, 6) is 0.546. The Bertz CT molecular complexity index is 377. The van der Waals surface area contributed by atoms with Crippen LogP contribution in [0.5, 0.6) is 0 Å². The summed E-state index contributed by atoms with van der Waals surface area (Å²) < 4.78 is 0. The second-order valence-electron chi connectivity index (χ2n) is 5.14. The molecule has 0 spiro atoms. The molecule has 1 unspecified atom stereocenters. The molecule has 1 amide bonds. The summed E-state index contributed by atoms with van der Waals surface area (Å²) in [4.78, 5) is 14.5. The van der Waals surface area contributed by atoms with Crippen LogP contribution < -0.4 is 0 Å². The molecular weight excluding hydrogens is 222 g/mol. The molecule has 0 heterocycles. The topological polar surface area (TPSA) is 20.3 Å². The zero-order valence-electron chi connectivity index (χ0n) is 12.2. The maximum absolute atomic E-state index is 12.6. The number of rotatable bonds is 5. The van der Waals surface area contributed by atoms with Gasteiger partial charge in [0.05, 0.1) is 5.92 Å². The number of carbonyl (C=O) groups is 1. The molecule has 0 aromatic heterocycles. The Hall–Kier alpha value is -1.31. The van der Waals surface area contributed by atoms with Gasteiger partial charge in [0.25, 0.3) is 0 Å². The van der Waals surface area contributed by atoms with Crippen LogP contribution in [0.25, 0.3) is 0 Å². The van der Waals surface area contributed by atoms with Gasteiger partial charge in [0.2, 0.25) is 5.91 Å². The molecule has 0 aliphatic heterocycles. The van der Waals surface area contributed by atoms with Crippen molar-refractivity contribution in [2.45, 2.75) is 40.5 Å². The van der Waals surface area contributed by atoms with Crippen molar-refractivity contribution in [3.63, 3.8) is 0 Å². The quantitative estimate of drug-likeness (QED) is 0.778. The molecule has 0 N–H and O–H groups in total. The zero-order valence-corrected chi connectivity index (χ0v) is 12.2. The van der Waals surface area contributed by atoms with Crippen LogP contribution in [0.4, 0.5) is 0 Å². The first-order chi connectivity index (χ1) is 8.51. The number of hydrogen-bond acceptors (Lipinski definition) is 1. The molecular formula is C16H25NO. The smallest absolute Gasteiger partial charge is 0.230 e. The van der Waals surface area contributed by atoms with E-state index in [2.05, 4.69) is 45.0 Å². The first-order valence-corrected chi connectivity index (χ1v) is 6.86. The van der Waals surface area contributed by atoms with E-state index < -0.39 is 0 Å². The van der Waals surface area contributed by atoms with E-state index in [9.17, 15) is 4.79 Å². The van der Waals surface area contributed by atoms with Gasteiger partial charge in [0.15, 0.2) is 0 Å². The first-order valence-electron chi connectivity index (χ1n) is 6.86. The number of carbonyl (C=O) groups excluding carboxylic acids is 1. The fourth-order valence-electron chi connectivity index (χ4n) is 2.32. The molecule has 1 aromatic carbocycles. The third-order valence-electron chi connectivity index (χ3n) is 3.44. The van der Waals surface area contributed by atoms with Crippen molar-refractivity contribution < 1.29 is 4.79 Å². The average molecular weight is 247 g/mol. The van der Waals surface area contributed by atoms with E-state index in [1.165, 1.54) is 5.56 Å². The standard InChI is InChI=1S/C16H25NO/c1-6-17(7-2)16(18)15(12(3)4)14-10-8-13(5)9-11-14/h8-12,15H,6-7H2,1-5H3. The first kappa shape index (κ1) is 14.7. The lowest BCUT2D eigenvalue weighted by Crippen LogP contribution is -2.36. The predicted molar refractivity (Wildman–Crippen MR) is 76.7 cm³/mol. The van der Waals surface area contributed by atoms with E-state index in [1.807, 2.05) is 18.7 Å². The fourth-order valence-corrected chi connectivity index (χ4v) is 2.32. The zero-order chi connectivity index (χ0) is 13.7. The Morgan fingerprint density at radius 1 is 1.11 bits per heavy atom. The highest BCUT2D eigenvalue weighted by Crippen LogP contribution is 2.27. The van der Waals surface area contributed by atoms with Crippen LogP contribution in [0.2, 0.25) is 0 Å². The summed E-state index contributed by atoms with van der Waals surface area (Å²) in [5, 5.41) is 0. The number of likely N-dealkylation sites (N-methyl/N-ethyl adjacent to an activating group) is 1. The number of hydrogen-bond donors (Lipinski definition) is 0. The van der Waals surface area contributed by atoms with E-state index in [-0.39, 0.29) is 11.8 Å². The minimum absolute atomic E-state index is 0.0227. The van der Waals surface area contributed by atoms with Crippen LogP contribution in [0, 0.1) is 12.8 Å². The minimum Gasteiger partial charge on any atom is -0.343 e. The van der Waals surface area contributed by atoms with E-state index >= 15 is 0 Å². The van der Waals surface area contributed by atoms with Gasteiger partial charge in [0.1, 0.15) is 0 Å². The number of aryl methyl sites for hydroxylation is 1. The Labute approximate surface area is 111 Å². The van der Waals surface area contributed by atoms with Gasteiger partial charge < -0.3 is 4.90 Å². The molecule has 1 rings (SSSR count). The average Bonchev–Trinajstić information content (AvgIpc) is 2.33. The van der Waals surface area contributed by atoms with Crippen LogP contribution in [0.3, 0.4) is 0 Å². The van der Waals surface area contributed by atoms with E-state index in [1.54, 1.807) is 0 Å². The SMILES string of the molecule is CCN(CC)C(=O)C(c1ccc(C)cc1)C(C)C. The monoisotopic (exact) mass is 247 g/mol. The van der Waals surface area contributed by atoms with Crippen LogP contribution in [0.1, 0.15) is 44.7 Å². The highest BCUT2D eigenvalue weighted by atomic mass is 16.2. The molecule has 0 saturated heterocycles. The number of amides is 1. The number of benzene rings is 1. The molecule has 2 nitrogen and oxygen atoms in total. The maximum Gasteiger partial charge on any atom is 0.230 e. The maximum atomic E-state index is 12.6. The molecule has 100 valence electrons. The Balaban J connectivity index is 3.02. The van der Waals surface area contributed by atoms with Crippen LogP contribution in [-0.2, 0) is 4.79 Å². The van der Waals surface area contributed by atoms with Gasteiger partial charge in [-0.1, -0.05) is 43.7 Å². The van der Waals surface area contributed by atoms with Gasteiger partial charge in [-0.2, -0.15) is 0 Å². The van der Waals surface area contributed by atoms with Crippen molar-refractivity contribution >= 4 is 5.91 Å². The second kappa shape index (κ2) is 6.58. The molecule has 1 aromatic rings. The normalized spacial score (nSPS) is 12.6. The highest BCUT2D eigenvalue weighted by Gasteiger charge is 2.27. The summed E-state index contributed by atoms with van der Waals surface area (Å²) in [5.41, 5.74) is 2.36. The Kier molecular flexibility index (Phi) is 5.39. The molecule has 0 saturated carbocycles. The van der Waals surface area contributed by atoms with Crippen molar-refractivity contribution in [1.82, 2.24) is 4.90 Å². The van der Waals surface area contributed by atoms with Gasteiger partial charge in [0, 0.05) is 13.1 Å². The summed E-state index contributed by atoms with van der Waals surface area (Å²) in [6.45, 7) is 11.9. The molecule has 1 atom stereocenters. The Morgan fingerprint density at radius 2 is 1.61 bits per heavy atom. The molecule has 0 aliphatic carbocycles. The van der Waals surface area contributed by atoms with E-state index in [4.69, 9.17) is 0 Å². The Morgan fingerprint density at radius 3 is 2.00 bits per heavy atom. The van der Waals surface area contributed by atoms with Crippen molar-refractivity contribution in [2.24, 2.45) is 5.92 Å².